The standard InChI is InChI=1S/C30H31NO9.C5H8O4/c1-17(32)37-22(28(34)38-19-7-5-4-6-8-19)16-24(33)39-21-11-12-30(35)23-15-18-9-10-20(36-3)26-25(18)29(30,27(21)40-26)13-14-31(23)2;1-3(5(7)8)9-4(2)6/h4-11,22-23,27,35H,12-16H2,1-3H3;3H,1-2H3,(H,7,8)/t22?,23-,27+,29+,30-;/m1./s1. The van der Waals surface area contributed by atoms with Crippen molar-refractivity contribution in [2.24, 2.45) is 0 Å². The molecule has 14 nitrogen and oxygen atoms in total. The van der Waals surface area contributed by atoms with Gasteiger partial charge in [-0.1, -0.05) is 24.3 Å². The molecule has 14 heteroatoms. The molecule has 0 aromatic heterocycles. The van der Waals surface area contributed by atoms with Gasteiger partial charge in [0.1, 0.15) is 11.5 Å². The minimum atomic E-state index is -1.50. The smallest absolute Gasteiger partial charge is 0.353 e. The molecule has 1 fully saturated rings. The fourth-order valence-electron chi connectivity index (χ4n) is 7.26. The summed E-state index contributed by atoms with van der Waals surface area (Å²) in [7, 11) is 3.58. The lowest BCUT2D eigenvalue weighted by molar-refractivity contribution is -0.172. The first kappa shape index (κ1) is 35.4. The van der Waals surface area contributed by atoms with E-state index >= 15 is 0 Å². The summed E-state index contributed by atoms with van der Waals surface area (Å²) in [5, 5.41) is 20.4. The molecule has 0 saturated carbocycles. The number of aliphatic carboxylic acids is 1. The van der Waals surface area contributed by atoms with Gasteiger partial charge in [0.05, 0.1) is 24.5 Å². The lowest BCUT2D eigenvalue weighted by atomic mass is 9.50. The van der Waals surface area contributed by atoms with Crippen LogP contribution in [0.15, 0.2) is 54.3 Å². The van der Waals surface area contributed by atoms with Crippen molar-refractivity contribution < 1.29 is 62.6 Å². The number of hydrogen-bond donors (Lipinski definition) is 2. The molecule has 2 bridgehead atoms. The number of likely N-dealkylation sites (N-methyl/N-ethyl adjacent to an activating group) is 1. The van der Waals surface area contributed by atoms with Crippen LogP contribution in [0.3, 0.4) is 0 Å². The maximum atomic E-state index is 13.2. The van der Waals surface area contributed by atoms with Crippen LogP contribution in [0, 0.1) is 0 Å². The van der Waals surface area contributed by atoms with Crippen molar-refractivity contribution in [3.05, 3.63) is 65.4 Å². The molecule has 4 aliphatic rings. The van der Waals surface area contributed by atoms with Crippen LogP contribution in [-0.4, -0.2) is 95.6 Å². The van der Waals surface area contributed by atoms with Crippen molar-refractivity contribution in [1.82, 2.24) is 4.90 Å². The third-order valence-corrected chi connectivity index (χ3v) is 9.37. The Morgan fingerprint density at radius 1 is 1.02 bits per heavy atom. The predicted molar refractivity (Wildman–Crippen MR) is 169 cm³/mol. The van der Waals surface area contributed by atoms with Crippen molar-refractivity contribution in [3.8, 4) is 17.2 Å². The van der Waals surface area contributed by atoms with Crippen molar-refractivity contribution in [1.29, 1.82) is 0 Å². The van der Waals surface area contributed by atoms with Gasteiger partial charge in [-0.3, -0.25) is 14.4 Å². The van der Waals surface area contributed by atoms with E-state index in [4.69, 9.17) is 28.8 Å². The topological polar surface area (TPSA) is 184 Å². The maximum Gasteiger partial charge on any atom is 0.353 e. The Morgan fingerprint density at radius 2 is 1.71 bits per heavy atom. The zero-order chi connectivity index (χ0) is 35.7. The molecule has 2 N–H and O–H groups in total. The molecule has 0 amide bonds. The number of carboxylic acid groups (broad SMARTS) is 1. The van der Waals surface area contributed by atoms with Gasteiger partial charge >= 0.3 is 29.8 Å². The van der Waals surface area contributed by atoms with Crippen molar-refractivity contribution in [3.63, 3.8) is 0 Å². The maximum absolute atomic E-state index is 13.2. The van der Waals surface area contributed by atoms with Crippen LogP contribution in [0.5, 0.6) is 17.2 Å². The molecule has 1 spiro atoms. The van der Waals surface area contributed by atoms with Gasteiger partial charge in [-0.2, -0.15) is 0 Å². The molecule has 6 rings (SSSR count). The number of ether oxygens (including phenoxy) is 6. The molecule has 49 heavy (non-hydrogen) atoms. The SMILES string of the molecule is CC(=O)OC(C)C(=O)O.COc1ccc2c3c1O[C@H]1C(OC(=O)CC(OC(C)=O)C(=O)Oc4ccccc4)=CC[C@@]4(O)[C@@H](C2)N(C)CC[C@]314. The Balaban J connectivity index is 0.000000459. The summed E-state index contributed by atoms with van der Waals surface area (Å²) < 4.78 is 32.6. The summed E-state index contributed by atoms with van der Waals surface area (Å²) in [5.41, 5.74) is -0.00127. The Bertz CT molecular complexity index is 1670. The summed E-state index contributed by atoms with van der Waals surface area (Å²) in [6.45, 7) is 4.33. The summed E-state index contributed by atoms with van der Waals surface area (Å²) in [4.78, 5) is 59.9. The van der Waals surface area contributed by atoms with E-state index in [9.17, 15) is 29.1 Å². The van der Waals surface area contributed by atoms with Crippen LogP contribution in [-0.2, 0) is 50.0 Å². The molecule has 2 aliphatic heterocycles. The molecule has 2 heterocycles. The lowest BCUT2D eigenvalue weighted by Crippen LogP contribution is -2.74. The number of piperidine rings is 1. The molecular formula is C35H39NO13. The number of esters is 4. The number of methoxy groups -OCH3 is 1. The van der Waals surface area contributed by atoms with E-state index in [1.165, 1.54) is 13.8 Å². The molecule has 2 aromatic carbocycles. The van der Waals surface area contributed by atoms with E-state index in [-0.39, 0.29) is 24.0 Å². The molecule has 2 unspecified atom stereocenters. The number of benzene rings is 2. The number of nitrogens with zero attached hydrogens (tertiary/aromatic N) is 1. The van der Waals surface area contributed by atoms with Crippen LogP contribution in [0.1, 0.15) is 51.2 Å². The summed E-state index contributed by atoms with van der Waals surface area (Å²) >= 11 is 0. The van der Waals surface area contributed by atoms with E-state index in [0.717, 1.165) is 24.6 Å². The largest absolute Gasteiger partial charge is 0.493 e. The number of carbonyl (C=O) groups is 5. The summed E-state index contributed by atoms with van der Waals surface area (Å²) in [5.74, 6) is -2.53. The summed E-state index contributed by atoms with van der Waals surface area (Å²) in [6, 6.07) is 12.0. The van der Waals surface area contributed by atoms with Crippen molar-refractivity contribution in [2.75, 3.05) is 20.7 Å². The fraction of sp³-hybridized carbons (Fsp3) is 0.457. The number of likely N-dealkylation sites (tertiary alicyclic amines) is 1. The van der Waals surface area contributed by atoms with E-state index in [1.54, 1.807) is 43.5 Å². The van der Waals surface area contributed by atoms with Crippen LogP contribution < -0.4 is 14.2 Å². The summed E-state index contributed by atoms with van der Waals surface area (Å²) in [6.07, 6.45) is -0.678. The quantitative estimate of drug-likeness (QED) is 0.223. The minimum Gasteiger partial charge on any atom is -0.493 e. The molecule has 6 atom stereocenters. The lowest BCUT2D eigenvalue weighted by Gasteiger charge is -2.61. The zero-order valence-corrected chi connectivity index (χ0v) is 27.8. The number of hydrogen-bond acceptors (Lipinski definition) is 13. The predicted octanol–water partition coefficient (Wildman–Crippen LogP) is 2.47. The van der Waals surface area contributed by atoms with Gasteiger partial charge < -0.3 is 43.5 Å². The van der Waals surface area contributed by atoms with Gasteiger partial charge in [0.25, 0.3) is 0 Å². The third kappa shape index (κ3) is 6.57. The highest BCUT2D eigenvalue weighted by molar-refractivity contribution is 5.86. The average Bonchev–Trinajstić information content (AvgIpc) is 3.40. The van der Waals surface area contributed by atoms with Crippen LogP contribution >= 0.6 is 0 Å². The Morgan fingerprint density at radius 3 is 2.33 bits per heavy atom. The van der Waals surface area contributed by atoms with Gasteiger partial charge in [0.2, 0.25) is 6.10 Å². The molecule has 2 aliphatic carbocycles. The van der Waals surface area contributed by atoms with Crippen LogP contribution in [0.25, 0.3) is 0 Å². The number of aliphatic hydroxyl groups is 1. The van der Waals surface area contributed by atoms with Gasteiger partial charge in [-0.15, -0.1) is 0 Å². The van der Waals surface area contributed by atoms with Crippen molar-refractivity contribution in [2.45, 2.75) is 81.8 Å². The number of carbonyl (C=O) groups excluding carboxylic acids is 4. The second-order valence-corrected chi connectivity index (χ2v) is 12.4. The first-order valence-electron chi connectivity index (χ1n) is 15.8. The average molecular weight is 682 g/mol. The minimum absolute atomic E-state index is 0.145. The van der Waals surface area contributed by atoms with Gasteiger partial charge in [-0.05, 0) is 63.2 Å². The molecule has 0 radical (unpaired) electrons. The van der Waals surface area contributed by atoms with Gasteiger partial charge in [-0.25, -0.2) is 9.59 Å². The highest BCUT2D eigenvalue weighted by Gasteiger charge is 2.72. The van der Waals surface area contributed by atoms with E-state index < -0.39 is 65.6 Å². The second-order valence-electron chi connectivity index (χ2n) is 12.4. The Labute approximate surface area is 282 Å². The normalized spacial score (nSPS) is 25.4. The molecule has 2 aromatic rings. The Kier molecular flexibility index (Phi) is 10.0. The highest BCUT2D eigenvalue weighted by atomic mass is 16.6. The number of carboxylic acids is 1. The monoisotopic (exact) mass is 681 g/mol. The van der Waals surface area contributed by atoms with E-state index in [1.807, 2.05) is 19.2 Å². The van der Waals surface area contributed by atoms with Gasteiger partial charge in [0, 0.05) is 31.9 Å². The first-order valence-corrected chi connectivity index (χ1v) is 15.8. The van der Waals surface area contributed by atoms with Crippen LogP contribution in [0.2, 0.25) is 0 Å². The zero-order valence-electron chi connectivity index (χ0n) is 27.8. The first-order chi connectivity index (χ1) is 23.2. The van der Waals surface area contributed by atoms with Crippen molar-refractivity contribution >= 4 is 29.8 Å². The fourth-order valence-corrected chi connectivity index (χ4v) is 7.26. The van der Waals surface area contributed by atoms with Crippen LogP contribution in [0.4, 0.5) is 0 Å². The molecule has 262 valence electrons. The third-order valence-electron chi connectivity index (χ3n) is 9.37. The number of para-hydroxylation sites is 1. The highest BCUT2D eigenvalue weighted by Crippen LogP contribution is 2.65. The van der Waals surface area contributed by atoms with E-state index in [0.29, 0.717) is 24.3 Å². The van der Waals surface area contributed by atoms with Gasteiger partial charge in [0.15, 0.2) is 23.7 Å². The molecule has 1 saturated heterocycles. The Hall–Kier alpha value is -4.95. The number of rotatable bonds is 9. The molecular weight excluding hydrogens is 642 g/mol. The second kappa shape index (κ2) is 13.9. The van der Waals surface area contributed by atoms with E-state index in [2.05, 4.69) is 9.64 Å².